The van der Waals surface area contributed by atoms with Crippen molar-refractivity contribution < 1.29 is 28.6 Å². The predicted molar refractivity (Wildman–Crippen MR) is 104 cm³/mol. The standard InChI is InChI=1S/C20H32N2O6/c1-18(2,3)27-16(24)21(7)12-9-10-15(23)20(26-8)11-13-22(14-20)17(25)28-19(4,5)6/h11-14H2,1-8H3/t20-/m0/s1. The number of hydrogen-bond acceptors (Lipinski definition) is 6. The van der Waals surface area contributed by atoms with Gasteiger partial charge < -0.3 is 24.0 Å². The number of likely N-dealkylation sites (tertiary alicyclic amines) is 1. The van der Waals surface area contributed by atoms with Gasteiger partial charge in [0.05, 0.1) is 13.1 Å². The first kappa shape index (κ1) is 23.8. The maximum absolute atomic E-state index is 12.6. The number of carbonyl (C=O) groups is 3. The van der Waals surface area contributed by atoms with Gasteiger partial charge in [-0.05, 0) is 47.5 Å². The molecule has 1 heterocycles. The Labute approximate surface area is 167 Å². The zero-order chi connectivity index (χ0) is 21.8. The van der Waals surface area contributed by atoms with Gasteiger partial charge in [0.1, 0.15) is 11.2 Å². The van der Waals surface area contributed by atoms with Crippen LogP contribution in [0.2, 0.25) is 0 Å². The SMILES string of the molecule is CO[C@@]1(C(=O)C#CCN(C)C(=O)OC(C)(C)C)CCN(C(=O)OC(C)(C)C)C1. The molecule has 0 spiro atoms. The summed E-state index contributed by atoms with van der Waals surface area (Å²) in [5, 5.41) is 0. The smallest absolute Gasteiger partial charge is 0.410 e. The minimum atomic E-state index is -1.19. The van der Waals surface area contributed by atoms with Crippen molar-refractivity contribution in [2.75, 3.05) is 33.8 Å². The number of methoxy groups -OCH3 is 1. The Bertz CT molecular complexity index is 665. The summed E-state index contributed by atoms with van der Waals surface area (Å²) in [6.45, 7) is 11.1. The highest BCUT2D eigenvalue weighted by Gasteiger charge is 2.46. The van der Waals surface area contributed by atoms with Crippen molar-refractivity contribution in [1.82, 2.24) is 9.80 Å². The second-order valence-electron chi connectivity index (χ2n) is 8.82. The Morgan fingerprint density at radius 1 is 1.07 bits per heavy atom. The van der Waals surface area contributed by atoms with Crippen molar-refractivity contribution in [3.8, 4) is 11.8 Å². The summed E-state index contributed by atoms with van der Waals surface area (Å²) in [6, 6.07) is 0. The van der Waals surface area contributed by atoms with Gasteiger partial charge in [0.15, 0.2) is 5.60 Å². The topological polar surface area (TPSA) is 85.4 Å². The van der Waals surface area contributed by atoms with Gasteiger partial charge in [-0.25, -0.2) is 9.59 Å². The second-order valence-corrected chi connectivity index (χ2v) is 8.82. The molecule has 0 bridgehead atoms. The van der Waals surface area contributed by atoms with E-state index in [9.17, 15) is 14.4 Å². The summed E-state index contributed by atoms with van der Waals surface area (Å²) < 4.78 is 16.0. The third-order valence-corrected chi connectivity index (χ3v) is 3.91. The van der Waals surface area contributed by atoms with E-state index in [-0.39, 0.29) is 13.1 Å². The summed E-state index contributed by atoms with van der Waals surface area (Å²) >= 11 is 0. The molecule has 1 saturated heterocycles. The molecule has 8 nitrogen and oxygen atoms in total. The van der Waals surface area contributed by atoms with E-state index in [2.05, 4.69) is 11.8 Å². The van der Waals surface area contributed by atoms with E-state index < -0.39 is 34.8 Å². The lowest BCUT2D eigenvalue weighted by Crippen LogP contribution is -2.45. The molecule has 0 N–H and O–H groups in total. The van der Waals surface area contributed by atoms with E-state index in [0.717, 1.165) is 0 Å². The molecule has 1 fully saturated rings. The minimum absolute atomic E-state index is 0.0379. The number of ketones is 1. The van der Waals surface area contributed by atoms with Gasteiger partial charge in [-0.1, -0.05) is 5.92 Å². The first-order valence-electron chi connectivity index (χ1n) is 9.20. The van der Waals surface area contributed by atoms with Crippen LogP contribution in [0.3, 0.4) is 0 Å². The van der Waals surface area contributed by atoms with Gasteiger partial charge in [-0.15, -0.1) is 0 Å². The van der Waals surface area contributed by atoms with Crippen LogP contribution in [0.1, 0.15) is 48.0 Å². The number of amides is 2. The third kappa shape index (κ3) is 7.04. The maximum Gasteiger partial charge on any atom is 0.410 e. The fraction of sp³-hybridized carbons (Fsp3) is 0.750. The lowest BCUT2D eigenvalue weighted by atomic mass is 9.97. The third-order valence-electron chi connectivity index (χ3n) is 3.91. The molecule has 0 aromatic rings. The van der Waals surface area contributed by atoms with Crippen molar-refractivity contribution in [3.63, 3.8) is 0 Å². The Hall–Kier alpha value is -2.27. The quantitative estimate of drug-likeness (QED) is 0.538. The van der Waals surface area contributed by atoms with Crippen molar-refractivity contribution in [3.05, 3.63) is 0 Å². The molecule has 158 valence electrons. The second kappa shape index (κ2) is 8.82. The average Bonchev–Trinajstić information content (AvgIpc) is 2.97. The van der Waals surface area contributed by atoms with E-state index in [4.69, 9.17) is 14.2 Å². The van der Waals surface area contributed by atoms with Gasteiger partial charge in [0, 0.05) is 27.1 Å². The van der Waals surface area contributed by atoms with E-state index in [1.165, 1.54) is 16.9 Å². The summed E-state index contributed by atoms with van der Waals surface area (Å²) in [7, 11) is 2.96. The Balaban J connectivity index is 2.71. The van der Waals surface area contributed by atoms with Crippen molar-refractivity contribution in [2.45, 2.75) is 64.8 Å². The van der Waals surface area contributed by atoms with Crippen LogP contribution in [0.25, 0.3) is 0 Å². The largest absolute Gasteiger partial charge is 0.444 e. The van der Waals surface area contributed by atoms with Crippen LogP contribution in [0.4, 0.5) is 9.59 Å². The molecule has 1 rings (SSSR count). The number of carbonyl (C=O) groups excluding carboxylic acids is 3. The highest BCUT2D eigenvalue weighted by atomic mass is 16.6. The van der Waals surface area contributed by atoms with Crippen LogP contribution in [0.5, 0.6) is 0 Å². The first-order valence-corrected chi connectivity index (χ1v) is 9.20. The first-order chi connectivity index (χ1) is 12.7. The highest BCUT2D eigenvalue weighted by molar-refractivity contribution is 6.03. The monoisotopic (exact) mass is 396 g/mol. The molecular weight excluding hydrogens is 364 g/mol. The van der Waals surface area contributed by atoms with Gasteiger partial charge in [0.25, 0.3) is 0 Å². The summed E-state index contributed by atoms with van der Waals surface area (Å²) in [5.41, 5.74) is -2.41. The molecule has 1 aliphatic heterocycles. The summed E-state index contributed by atoms with van der Waals surface area (Å²) in [4.78, 5) is 39.5. The van der Waals surface area contributed by atoms with Crippen LogP contribution in [0, 0.1) is 11.8 Å². The van der Waals surface area contributed by atoms with Crippen LogP contribution >= 0.6 is 0 Å². The van der Waals surface area contributed by atoms with Gasteiger partial charge in [0.2, 0.25) is 5.78 Å². The van der Waals surface area contributed by atoms with E-state index in [1.54, 1.807) is 48.6 Å². The molecule has 0 aromatic carbocycles. The number of rotatable bonds is 3. The van der Waals surface area contributed by atoms with Crippen LogP contribution < -0.4 is 0 Å². The Morgan fingerprint density at radius 3 is 2.14 bits per heavy atom. The van der Waals surface area contributed by atoms with E-state index in [0.29, 0.717) is 13.0 Å². The summed E-state index contributed by atoms with van der Waals surface area (Å²) in [5.74, 6) is 4.78. The molecule has 1 atom stereocenters. The summed E-state index contributed by atoms with van der Waals surface area (Å²) in [6.07, 6.45) is -0.678. The van der Waals surface area contributed by atoms with E-state index >= 15 is 0 Å². The van der Waals surface area contributed by atoms with Gasteiger partial charge >= 0.3 is 12.2 Å². The van der Waals surface area contributed by atoms with Crippen molar-refractivity contribution >= 4 is 18.0 Å². The zero-order valence-electron chi connectivity index (χ0n) is 18.2. The lowest BCUT2D eigenvalue weighted by Gasteiger charge is -2.26. The molecule has 28 heavy (non-hydrogen) atoms. The minimum Gasteiger partial charge on any atom is -0.444 e. The van der Waals surface area contributed by atoms with E-state index in [1.807, 2.05) is 0 Å². The molecule has 0 radical (unpaired) electrons. The molecule has 2 amide bonds. The van der Waals surface area contributed by atoms with Crippen molar-refractivity contribution in [2.24, 2.45) is 0 Å². The Kier molecular flexibility index (Phi) is 7.49. The molecule has 1 aliphatic rings. The van der Waals surface area contributed by atoms with Crippen molar-refractivity contribution in [1.29, 1.82) is 0 Å². The molecule has 0 aromatic heterocycles. The number of nitrogens with zero attached hydrogens (tertiary/aromatic N) is 2. The maximum atomic E-state index is 12.6. The average molecular weight is 396 g/mol. The molecular formula is C20H32N2O6. The van der Waals surface area contributed by atoms with Crippen LogP contribution in [0.15, 0.2) is 0 Å². The number of hydrogen-bond donors (Lipinski definition) is 0. The zero-order valence-corrected chi connectivity index (χ0v) is 18.2. The number of Topliss-reactive ketones (excluding diaryl/α,β-unsaturated/α-hetero) is 1. The molecule has 0 saturated carbocycles. The number of ether oxygens (including phenoxy) is 3. The fourth-order valence-corrected chi connectivity index (χ4v) is 2.47. The predicted octanol–water partition coefficient (Wildman–Crippen LogP) is 2.45. The van der Waals surface area contributed by atoms with Gasteiger partial charge in [-0.3, -0.25) is 4.79 Å². The molecule has 0 unspecified atom stereocenters. The normalized spacial score (nSPS) is 19.5. The lowest BCUT2D eigenvalue weighted by molar-refractivity contribution is -0.133. The Morgan fingerprint density at radius 2 is 1.64 bits per heavy atom. The highest BCUT2D eigenvalue weighted by Crippen LogP contribution is 2.27. The van der Waals surface area contributed by atoms with Gasteiger partial charge in [-0.2, -0.15) is 0 Å². The molecule has 8 heteroatoms. The van der Waals surface area contributed by atoms with Crippen LogP contribution in [-0.2, 0) is 19.0 Å². The molecule has 0 aliphatic carbocycles. The van der Waals surface area contributed by atoms with Crippen LogP contribution in [-0.4, -0.2) is 78.4 Å². The fourth-order valence-electron chi connectivity index (χ4n) is 2.47.